The van der Waals surface area contributed by atoms with E-state index in [-0.39, 0.29) is 5.82 Å². The Hall–Kier alpha value is -0.890. The lowest BCUT2D eigenvalue weighted by Crippen LogP contribution is -2.28. The predicted molar refractivity (Wildman–Crippen MR) is 69.8 cm³/mol. The molecule has 0 aromatic heterocycles. The zero-order chi connectivity index (χ0) is 12.3. The van der Waals surface area contributed by atoms with Crippen LogP contribution in [0.15, 0.2) is 12.1 Å². The van der Waals surface area contributed by atoms with E-state index in [0.717, 1.165) is 43.0 Å². The molecular weight excluding hydrogens is 213 g/mol. The van der Waals surface area contributed by atoms with Gasteiger partial charge in [-0.05, 0) is 74.4 Å². The van der Waals surface area contributed by atoms with Crippen molar-refractivity contribution in [3.05, 3.63) is 34.6 Å². The molecule has 2 rings (SSSR count). The van der Waals surface area contributed by atoms with Crippen LogP contribution in [-0.2, 0) is 12.8 Å². The average Bonchev–Trinajstić information content (AvgIpc) is 2.34. The second-order valence-corrected chi connectivity index (χ2v) is 5.12. The molecule has 0 aliphatic carbocycles. The lowest BCUT2D eigenvalue weighted by molar-refractivity contribution is 0.372. The lowest BCUT2D eigenvalue weighted by atomic mass is 9.88. The molecule has 1 aliphatic rings. The van der Waals surface area contributed by atoms with Crippen LogP contribution in [-0.4, -0.2) is 13.1 Å². The maximum absolute atomic E-state index is 13.6. The molecule has 1 fully saturated rings. The summed E-state index contributed by atoms with van der Waals surface area (Å²) in [6.45, 7) is 6.30. The summed E-state index contributed by atoms with van der Waals surface area (Å²) < 4.78 is 13.6. The highest BCUT2D eigenvalue weighted by Gasteiger charge is 2.15. The van der Waals surface area contributed by atoms with Gasteiger partial charge in [0.15, 0.2) is 0 Å². The van der Waals surface area contributed by atoms with Gasteiger partial charge in [-0.25, -0.2) is 4.39 Å². The maximum atomic E-state index is 13.6. The van der Waals surface area contributed by atoms with Crippen molar-refractivity contribution in [1.82, 2.24) is 5.32 Å². The van der Waals surface area contributed by atoms with E-state index in [2.05, 4.69) is 11.4 Å². The second-order valence-electron chi connectivity index (χ2n) is 5.12. The number of hydrogen-bond donors (Lipinski definition) is 1. The summed E-state index contributed by atoms with van der Waals surface area (Å²) in [6.07, 6.45) is 4.39. The number of halogens is 1. The van der Waals surface area contributed by atoms with Crippen molar-refractivity contribution in [1.29, 1.82) is 0 Å². The number of rotatable bonds is 3. The smallest absolute Gasteiger partial charge is 0.126 e. The molecule has 94 valence electrons. The van der Waals surface area contributed by atoms with Crippen LogP contribution in [0.2, 0.25) is 0 Å². The minimum absolute atomic E-state index is 0.0425. The topological polar surface area (TPSA) is 12.0 Å². The summed E-state index contributed by atoms with van der Waals surface area (Å²) in [6, 6.07) is 3.78. The first kappa shape index (κ1) is 12.6. The van der Waals surface area contributed by atoms with Gasteiger partial charge in [-0.3, -0.25) is 0 Å². The van der Waals surface area contributed by atoms with Gasteiger partial charge in [-0.15, -0.1) is 0 Å². The van der Waals surface area contributed by atoms with E-state index in [1.807, 2.05) is 13.8 Å². The van der Waals surface area contributed by atoms with Crippen molar-refractivity contribution in [3.63, 3.8) is 0 Å². The molecule has 0 spiro atoms. The highest BCUT2D eigenvalue weighted by Crippen LogP contribution is 2.23. The summed E-state index contributed by atoms with van der Waals surface area (Å²) in [5, 5.41) is 3.39. The minimum atomic E-state index is -0.0425. The van der Waals surface area contributed by atoms with Crippen molar-refractivity contribution in [3.8, 4) is 0 Å². The third-order valence-corrected chi connectivity index (χ3v) is 3.85. The first-order valence-corrected chi connectivity index (χ1v) is 6.69. The molecule has 1 nitrogen and oxygen atoms in total. The van der Waals surface area contributed by atoms with Gasteiger partial charge in [-0.1, -0.05) is 13.0 Å². The van der Waals surface area contributed by atoms with Gasteiger partial charge in [0.25, 0.3) is 0 Å². The highest BCUT2D eigenvalue weighted by atomic mass is 19.1. The van der Waals surface area contributed by atoms with Crippen LogP contribution in [0.25, 0.3) is 0 Å². The van der Waals surface area contributed by atoms with Crippen molar-refractivity contribution in [2.45, 2.75) is 39.5 Å². The fourth-order valence-electron chi connectivity index (χ4n) is 2.66. The molecule has 0 bridgehead atoms. The normalized spacial score (nSPS) is 17.4. The van der Waals surface area contributed by atoms with Crippen molar-refractivity contribution in [2.75, 3.05) is 13.1 Å². The van der Waals surface area contributed by atoms with Gasteiger partial charge in [0, 0.05) is 0 Å². The van der Waals surface area contributed by atoms with E-state index >= 15 is 0 Å². The van der Waals surface area contributed by atoms with E-state index < -0.39 is 0 Å². The summed E-state index contributed by atoms with van der Waals surface area (Å²) in [4.78, 5) is 0. The Labute approximate surface area is 103 Å². The van der Waals surface area contributed by atoms with Gasteiger partial charge in [0.2, 0.25) is 0 Å². The molecule has 1 aromatic rings. The fourth-order valence-corrected chi connectivity index (χ4v) is 2.66. The van der Waals surface area contributed by atoms with E-state index in [1.165, 1.54) is 18.4 Å². The Balaban J connectivity index is 2.13. The van der Waals surface area contributed by atoms with Gasteiger partial charge >= 0.3 is 0 Å². The zero-order valence-electron chi connectivity index (χ0n) is 10.9. The number of benzene rings is 1. The van der Waals surface area contributed by atoms with Crippen LogP contribution < -0.4 is 5.32 Å². The summed E-state index contributed by atoms with van der Waals surface area (Å²) in [7, 11) is 0. The molecule has 1 heterocycles. The Morgan fingerprint density at radius 1 is 1.24 bits per heavy atom. The largest absolute Gasteiger partial charge is 0.317 e. The molecule has 1 aromatic carbocycles. The van der Waals surface area contributed by atoms with E-state index in [0.29, 0.717) is 0 Å². The molecule has 0 unspecified atom stereocenters. The van der Waals surface area contributed by atoms with E-state index in [1.54, 1.807) is 6.07 Å². The molecule has 0 atom stereocenters. The van der Waals surface area contributed by atoms with Crippen LogP contribution in [0.1, 0.15) is 36.5 Å². The standard InChI is InChI=1S/C15H22FN/c1-3-13-10-14(11(2)8-15(13)16)9-12-4-6-17-7-5-12/h8,10,12,17H,3-7,9H2,1-2H3. The molecule has 0 radical (unpaired) electrons. The SMILES string of the molecule is CCc1cc(CC2CCNCC2)c(C)cc1F. The first-order chi connectivity index (χ1) is 8.20. The Morgan fingerprint density at radius 3 is 2.59 bits per heavy atom. The lowest BCUT2D eigenvalue weighted by Gasteiger charge is -2.23. The molecule has 0 saturated carbocycles. The predicted octanol–water partition coefficient (Wildman–Crippen LogP) is 3.24. The summed E-state index contributed by atoms with van der Waals surface area (Å²) in [5.41, 5.74) is 3.31. The van der Waals surface area contributed by atoms with Crippen molar-refractivity contribution in [2.24, 2.45) is 5.92 Å². The Bertz CT molecular complexity index is 381. The Morgan fingerprint density at radius 2 is 1.94 bits per heavy atom. The monoisotopic (exact) mass is 235 g/mol. The molecular formula is C15H22FN. The van der Waals surface area contributed by atoms with Gasteiger partial charge in [-0.2, -0.15) is 0 Å². The maximum Gasteiger partial charge on any atom is 0.126 e. The number of nitrogens with one attached hydrogen (secondary N) is 1. The van der Waals surface area contributed by atoms with Crippen LogP contribution in [0, 0.1) is 18.7 Å². The number of hydrogen-bond acceptors (Lipinski definition) is 1. The quantitative estimate of drug-likeness (QED) is 0.848. The van der Waals surface area contributed by atoms with E-state index in [4.69, 9.17) is 0 Å². The third kappa shape index (κ3) is 3.06. The molecule has 1 saturated heterocycles. The van der Waals surface area contributed by atoms with Gasteiger partial charge in [0.05, 0.1) is 0 Å². The summed E-state index contributed by atoms with van der Waals surface area (Å²) >= 11 is 0. The summed E-state index contributed by atoms with van der Waals surface area (Å²) in [5.74, 6) is 0.726. The molecule has 2 heteroatoms. The van der Waals surface area contributed by atoms with E-state index in [9.17, 15) is 4.39 Å². The highest BCUT2D eigenvalue weighted by molar-refractivity contribution is 5.32. The average molecular weight is 235 g/mol. The fraction of sp³-hybridized carbons (Fsp3) is 0.600. The van der Waals surface area contributed by atoms with Crippen LogP contribution >= 0.6 is 0 Å². The van der Waals surface area contributed by atoms with Crippen molar-refractivity contribution < 1.29 is 4.39 Å². The third-order valence-electron chi connectivity index (χ3n) is 3.85. The number of piperidine rings is 1. The molecule has 17 heavy (non-hydrogen) atoms. The first-order valence-electron chi connectivity index (χ1n) is 6.69. The van der Waals surface area contributed by atoms with Crippen LogP contribution in [0.3, 0.4) is 0 Å². The van der Waals surface area contributed by atoms with Crippen LogP contribution in [0.4, 0.5) is 4.39 Å². The molecule has 1 aliphatic heterocycles. The zero-order valence-corrected chi connectivity index (χ0v) is 10.9. The molecule has 0 amide bonds. The molecule has 1 N–H and O–H groups in total. The van der Waals surface area contributed by atoms with Gasteiger partial charge in [0.1, 0.15) is 5.82 Å². The second kappa shape index (κ2) is 5.63. The Kier molecular flexibility index (Phi) is 4.16. The minimum Gasteiger partial charge on any atom is -0.317 e. The van der Waals surface area contributed by atoms with Crippen LogP contribution in [0.5, 0.6) is 0 Å². The van der Waals surface area contributed by atoms with Gasteiger partial charge < -0.3 is 5.32 Å². The van der Waals surface area contributed by atoms with Crippen molar-refractivity contribution >= 4 is 0 Å². The number of aryl methyl sites for hydroxylation is 2.